The fourth-order valence-corrected chi connectivity index (χ4v) is 4.82. The van der Waals surface area contributed by atoms with Crippen LogP contribution in [-0.2, 0) is 26.2 Å². The summed E-state index contributed by atoms with van der Waals surface area (Å²) in [5, 5.41) is 2.98. The fourth-order valence-electron chi connectivity index (χ4n) is 3.73. The number of rotatable bonds is 11. The Hall–Kier alpha value is -2.39. The van der Waals surface area contributed by atoms with E-state index in [4.69, 9.17) is 0 Å². The molecule has 0 aromatic heterocycles. The third-order valence-electron chi connectivity index (χ3n) is 6.10. The molecule has 0 spiro atoms. The van der Waals surface area contributed by atoms with E-state index in [9.17, 15) is 18.0 Å². The van der Waals surface area contributed by atoms with Gasteiger partial charge in [-0.3, -0.25) is 13.9 Å². The molecule has 0 aliphatic heterocycles. The molecule has 0 aliphatic rings. The van der Waals surface area contributed by atoms with E-state index in [0.717, 1.165) is 38.1 Å². The van der Waals surface area contributed by atoms with Crippen LogP contribution in [0.4, 0.5) is 5.69 Å². The number of anilines is 1. The maximum absolute atomic E-state index is 13.7. The molecule has 0 unspecified atom stereocenters. The highest BCUT2D eigenvalue weighted by molar-refractivity contribution is 9.10. The Labute approximate surface area is 218 Å². The van der Waals surface area contributed by atoms with Crippen LogP contribution in [-0.4, -0.2) is 50.0 Å². The number of nitrogens with one attached hydrogen (secondary N) is 1. The monoisotopic (exact) mass is 565 g/mol. The molecule has 35 heavy (non-hydrogen) atoms. The van der Waals surface area contributed by atoms with Crippen LogP contribution < -0.4 is 9.62 Å². The van der Waals surface area contributed by atoms with E-state index in [-0.39, 0.29) is 18.5 Å². The van der Waals surface area contributed by atoms with Crippen LogP contribution in [0.25, 0.3) is 0 Å². The largest absolute Gasteiger partial charge is 0.352 e. The van der Waals surface area contributed by atoms with Gasteiger partial charge in [-0.2, -0.15) is 0 Å². The molecule has 2 atom stereocenters. The van der Waals surface area contributed by atoms with E-state index in [2.05, 4.69) is 21.2 Å². The number of aryl methyl sites for hydroxylation is 2. The lowest BCUT2D eigenvalue weighted by Gasteiger charge is -2.33. The molecule has 0 bridgehead atoms. The van der Waals surface area contributed by atoms with Crippen molar-refractivity contribution >= 4 is 43.5 Å². The molecule has 0 saturated heterocycles. The molecular weight excluding hydrogens is 530 g/mol. The van der Waals surface area contributed by atoms with Crippen LogP contribution >= 0.6 is 15.9 Å². The Bertz CT molecular complexity index is 1150. The lowest BCUT2D eigenvalue weighted by molar-refractivity contribution is -0.140. The van der Waals surface area contributed by atoms with Gasteiger partial charge in [0.25, 0.3) is 0 Å². The summed E-state index contributed by atoms with van der Waals surface area (Å²) in [4.78, 5) is 28.4. The molecule has 9 heteroatoms. The Morgan fingerprint density at radius 1 is 1.03 bits per heavy atom. The molecule has 2 aromatic carbocycles. The van der Waals surface area contributed by atoms with Gasteiger partial charge < -0.3 is 10.2 Å². The average Bonchev–Trinajstić information content (AvgIpc) is 2.79. The SMILES string of the molecule is CC[C@@H](C)NC(=O)[C@H](CC)N(Cc1ccccc1C)C(=O)CN(c1ccc(Br)c(C)c1)S(C)(=O)=O. The standard InChI is InChI=1S/C26H36BrN3O4S/c1-7-20(5)28-26(32)24(8-2)29(16-21-12-10-9-11-18(21)3)25(31)17-30(35(6,33)34)22-13-14-23(27)19(4)15-22/h9-15,20,24H,7-8,16-17H2,1-6H3,(H,28,32)/t20-,24+/m1/s1. The molecular formula is C26H36BrN3O4S. The maximum Gasteiger partial charge on any atom is 0.244 e. The molecule has 0 fully saturated rings. The number of amides is 2. The van der Waals surface area contributed by atoms with Crippen LogP contribution in [0.1, 0.15) is 50.3 Å². The summed E-state index contributed by atoms with van der Waals surface area (Å²) in [6, 6.07) is 12.0. The first-order valence-corrected chi connectivity index (χ1v) is 14.4. The van der Waals surface area contributed by atoms with Crippen molar-refractivity contribution in [3.63, 3.8) is 0 Å². The van der Waals surface area contributed by atoms with E-state index in [0.29, 0.717) is 12.1 Å². The van der Waals surface area contributed by atoms with Gasteiger partial charge in [-0.25, -0.2) is 8.42 Å². The third kappa shape index (κ3) is 7.80. The van der Waals surface area contributed by atoms with Crippen LogP contribution in [0.5, 0.6) is 0 Å². The Kier molecular flexibility index (Phi) is 10.3. The minimum Gasteiger partial charge on any atom is -0.352 e. The van der Waals surface area contributed by atoms with Crippen LogP contribution in [0.15, 0.2) is 46.9 Å². The predicted molar refractivity (Wildman–Crippen MR) is 145 cm³/mol. The van der Waals surface area contributed by atoms with Gasteiger partial charge in [0.2, 0.25) is 21.8 Å². The second kappa shape index (κ2) is 12.5. The molecule has 0 radical (unpaired) electrons. The summed E-state index contributed by atoms with van der Waals surface area (Å²) in [7, 11) is -3.76. The first kappa shape index (κ1) is 28.8. The van der Waals surface area contributed by atoms with Gasteiger partial charge in [0.05, 0.1) is 11.9 Å². The van der Waals surface area contributed by atoms with E-state index in [1.165, 1.54) is 4.90 Å². The molecule has 7 nitrogen and oxygen atoms in total. The number of hydrogen-bond acceptors (Lipinski definition) is 4. The quantitative estimate of drug-likeness (QED) is 0.433. The van der Waals surface area contributed by atoms with Crippen LogP contribution in [0.2, 0.25) is 0 Å². The van der Waals surface area contributed by atoms with Gasteiger partial charge >= 0.3 is 0 Å². The third-order valence-corrected chi connectivity index (χ3v) is 8.13. The van der Waals surface area contributed by atoms with Gasteiger partial charge in [0, 0.05) is 17.1 Å². The Balaban J connectivity index is 2.47. The summed E-state index contributed by atoms with van der Waals surface area (Å²) in [5.41, 5.74) is 3.14. The van der Waals surface area contributed by atoms with E-state index >= 15 is 0 Å². The second-order valence-electron chi connectivity index (χ2n) is 8.89. The first-order valence-electron chi connectivity index (χ1n) is 11.8. The fraction of sp³-hybridized carbons (Fsp3) is 0.462. The van der Waals surface area contributed by atoms with Gasteiger partial charge in [-0.1, -0.05) is 54.0 Å². The number of sulfonamides is 1. The first-order chi connectivity index (χ1) is 16.4. The summed E-state index contributed by atoms with van der Waals surface area (Å²) >= 11 is 3.43. The lowest BCUT2D eigenvalue weighted by atomic mass is 10.1. The summed E-state index contributed by atoms with van der Waals surface area (Å²) in [5.74, 6) is -0.681. The molecule has 0 saturated carbocycles. The number of carbonyl (C=O) groups excluding carboxylic acids is 2. The van der Waals surface area contributed by atoms with Gasteiger partial charge in [0.15, 0.2) is 0 Å². The molecule has 1 N–H and O–H groups in total. The van der Waals surface area contributed by atoms with Crippen molar-refractivity contribution in [1.29, 1.82) is 0 Å². The van der Waals surface area contributed by atoms with Gasteiger partial charge in [-0.05, 0) is 68.5 Å². The zero-order valence-electron chi connectivity index (χ0n) is 21.3. The van der Waals surface area contributed by atoms with Crippen molar-refractivity contribution in [2.24, 2.45) is 0 Å². The Morgan fingerprint density at radius 3 is 2.23 bits per heavy atom. The molecule has 2 rings (SSSR count). The number of hydrogen-bond donors (Lipinski definition) is 1. The summed E-state index contributed by atoms with van der Waals surface area (Å²) in [6.07, 6.45) is 2.24. The van der Waals surface area contributed by atoms with Crippen molar-refractivity contribution < 1.29 is 18.0 Å². The molecule has 2 aromatic rings. The predicted octanol–water partition coefficient (Wildman–Crippen LogP) is 4.55. The lowest BCUT2D eigenvalue weighted by Crippen LogP contribution is -2.53. The van der Waals surface area contributed by atoms with Crippen LogP contribution in [0.3, 0.4) is 0 Å². The van der Waals surface area contributed by atoms with Crippen molar-refractivity contribution in [3.05, 3.63) is 63.6 Å². The highest BCUT2D eigenvalue weighted by Crippen LogP contribution is 2.25. The zero-order valence-corrected chi connectivity index (χ0v) is 23.7. The van der Waals surface area contributed by atoms with E-state index in [1.54, 1.807) is 18.2 Å². The number of carbonyl (C=O) groups is 2. The van der Waals surface area contributed by atoms with E-state index < -0.39 is 28.5 Å². The van der Waals surface area contributed by atoms with Crippen molar-refractivity contribution in [2.75, 3.05) is 17.1 Å². The molecule has 0 aliphatic carbocycles. The topological polar surface area (TPSA) is 86.8 Å². The van der Waals surface area contributed by atoms with Crippen LogP contribution in [0, 0.1) is 13.8 Å². The minimum absolute atomic E-state index is 0.0368. The number of halogens is 1. The highest BCUT2D eigenvalue weighted by Gasteiger charge is 2.32. The minimum atomic E-state index is -3.76. The maximum atomic E-state index is 13.7. The van der Waals surface area contributed by atoms with Crippen molar-refractivity contribution in [1.82, 2.24) is 10.2 Å². The average molecular weight is 567 g/mol. The van der Waals surface area contributed by atoms with Crippen molar-refractivity contribution in [2.45, 2.75) is 66.1 Å². The highest BCUT2D eigenvalue weighted by atomic mass is 79.9. The zero-order chi connectivity index (χ0) is 26.3. The van der Waals surface area contributed by atoms with Crippen molar-refractivity contribution in [3.8, 4) is 0 Å². The number of nitrogens with zero attached hydrogens (tertiary/aromatic N) is 2. The Morgan fingerprint density at radius 2 is 1.69 bits per heavy atom. The van der Waals surface area contributed by atoms with E-state index in [1.807, 2.05) is 58.9 Å². The summed E-state index contributed by atoms with van der Waals surface area (Å²) < 4.78 is 27.4. The molecule has 2 amide bonds. The normalized spacial score (nSPS) is 13.1. The smallest absolute Gasteiger partial charge is 0.244 e. The molecule has 192 valence electrons. The second-order valence-corrected chi connectivity index (χ2v) is 11.7. The molecule has 0 heterocycles. The van der Waals surface area contributed by atoms with Gasteiger partial charge in [0.1, 0.15) is 12.6 Å². The van der Waals surface area contributed by atoms with Gasteiger partial charge in [-0.15, -0.1) is 0 Å². The summed E-state index contributed by atoms with van der Waals surface area (Å²) in [6.45, 7) is 9.35. The number of benzene rings is 2.